The van der Waals surface area contributed by atoms with Crippen LogP contribution in [-0.2, 0) is 17.8 Å². The van der Waals surface area contributed by atoms with Gasteiger partial charge in [-0.25, -0.2) is 9.78 Å². The fourth-order valence-electron chi connectivity index (χ4n) is 1.48. The smallest absolute Gasteiger partial charge is 0.354 e. The van der Waals surface area contributed by atoms with E-state index in [9.17, 15) is 4.79 Å². The van der Waals surface area contributed by atoms with Crippen LogP contribution in [0.3, 0.4) is 0 Å². The van der Waals surface area contributed by atoms with Crippen LogP contribution in [0.4, 0.5) is 0 Å². The standard InChI is InChI=1S/C13H13NO3S/c15-13(16)12-5-1-3-10(14-12)9-17-7-6-11-4-2-8-18-11/h1-5,8H,6-7,9H2,(H,15,16). The molecule has 1 N–H and O–H groups in total. The third-order valence-corrected chi connectivity index (χ3v) is 3.28. The van der Waals surface area contributed by atoms with Gasteiger partial charge < -0.3 is 9.84 Å². The molecule has 0 aromatic carbocycles. The summed E-state index contributed by atoms with van der Waals surface area (Å²) in [7, 11) is 0. The summed E-state index contributed by atoms with van der Waals surface area (Å²) in [5.41, 5.74) is 0.690. The maximum absolute atomic E-state index is 10.7. The Morgan fingerprint density at radius 2 is 2.22 bits per heavy atom. The van der Waals surface area contributed by atoms with Gasteiger partial charge in [0, 0.05) is 11.3 Å². The van der Waals surface area contributed by atoms with Crippen LogP contribution in [-0.4, -0.2) is 22.7 Å². The SMILES string of the molecule is O=C(O)c1cccc(COCCc2cccs2)n1. The first kappa shape index (κ1) is 12.7. The van der Waals surface area contributed by atoms with Crippen LogP contribution < -0.4 is 0 Å². The van der Waals surface area contributed by atoms with Gasteiger partial charge in [-0.1, -0.05) is 12.1 Å². The number of ether oxygens (including phenoxy) is 1. The highest BCUT2D eigenvalue weighted by Gasteiger charge is 2.04. The zero-order valence-corrected chi connectivity index (χ0v) is 10.5. The number of aromatic carboxylic acids is 1. The van der Waals surface area contributed by atoms with E-state index in [1.165, 1.54) is 10.9 Å². The Kier molecular flexibility index (Phi) is 4.44. The average Bonchev–Trinajstić information content (AvgIpc) is 2.88. The Hall–Kier alpha value is -1.72. The van der Waals surface area contributed by atoms with Gasteiger partial charge in [0.2, 0.25) is 0 Å². The van der Waals surface area contributed by atoms with Crippen molar-refractivity contribution >= 4 is 17.3 Å². The fraction of sp³-hybridized carbons (Fsp3) is 0.231. The Bertz CT molecular complexity index is 511. The van der Waals surface area contributed by atoms with Crippen molar-refractivity contribution in [1.82, 2.24) is 4.98 Å². The summed E-state index contributed by atoms with van der Waals surface area (Å²) in [6, 6.07) is 8.98. The molecule has 0 fully saturated rings. The van der Waals surface area contributed by atoms with Crippen molar-refractivity contribution < 1.29 is 14.6 Å². The molecular formula is C13H13NO3S. The molecule has 2 rings (SSSR count). The molecule has 0 aliphatic rings. The van der Waals surface area contributed by atoms with Crippen molar-refractivity contribution in [2.45, 2.75) is 13.0 Å². The molecule has 2 aromatic rings. The van der Waals surface area contributed by atoms with E-state index in [-0.39, 0.29) is 5.69 Å². The lowest BCUT2D eigenvalue weighted by atomic mass is 10.3. The lowest BCUT2D eigenvalue weighted by molar-refractivity contribution is 0.0688. The maximum atomic E-state index is 10.7. The number of nitrogens with zero attached hydrogens (tertiary/aromatic N) is 1. The summed E-state index contributed by atoms with van der Waals surface area (Å²) in [6.07, 6.45) is 0.871. The summed E-state index contributed by atoms with van der Waals surface area (Å²) >= 11 is 1.70. The monoisotopic (exact) mass is 263 g/mol. The molecule has 2 heterocycles. The number of carbonyl (C=O) groups is 1. The zero-order chi connectivity index (χ0) is 12.8. The molecule has 0 saturated heterocycles. The fourth-order valence-corrected chi connectivity index (χ4v) is 2.17. The third-order valence-electron chi connectivity index (χ3n) is 2.35. The van der Waals surface area contributed by atoms with Crippen LogP contribution in [0, 0.1) is 0 Å². The van der Waals surface area contributed by atoms with Crippen LogP contribution >= 0.6 is 11.3 Å². The highest BCUT2D eigenvalue weighted by Crippen LogP contribution is 2.09. The molecule has 0 spiro atoms. The highest BCUT2D eigenvalue weighted by atomic mass is 32.1. The van der Waals surface area contributed by atoms with E-state index in [4.69, 9.17) is 9.84 Å². The molecule has 94 valence electrons. The van der Waals surface area contributed by atoms with E-state index in [0.717, 1.165) is 6.42 Å². The predicted octanol–water partition coefficient (Wildman–Crippen LogP) is 2.60. The molecule has 0 amide bonds. The van der Waals surface area contributed by atoms with Gasteiger partial charge in [-0.2, -0.15) is 0 Å². The molecule has 0 aliphatic heterocycles. The van der Waals surface area contributed by atoms with Crippen molar-refractivity contribution in [3.8, 4) is 0 Å². The number of pyridine rings is 1. The Morgan fingerprint density at radius 1 is 1.33 bits per heavy atom. The van der Waals surface area contributed by atoms with Gasteiger partial charge in [-0.15, -0.1) is 11.3 Å². The first-order valence-electron chi connectivity index (χ1n) is 5.55. The summed E-state index contributed by atoms with van der Waals surface area (Å²) in [4.78, 5) is 16.0. The van der Waals surface area contributed by atoms with Gasteiger partial charge in [0.05, 0.1) is 18.9 Å². The van der Waals surface area contributed by atoms with Crippen molar-refractivity contribution in [1.29, 1.82) is 0 Å². The number of carboxylic acid groups (broad SMARTS) is 1. The van der Waals surface area contributed by atoms with Gasteiger partial charge in [0.1, 0.15) is 5.69 Å². The average molecular weight is 263 g/mol. The van der Waals surface area contributed by atoms with Gasteiger partial charge in [0.25, 0.3) is 0 Å². The van der Waals surface area contributed by atoms with Gasteiger partial charge >= 0.3 is 5.97 Å². The first-order valence-corrected chi connectivity index (χ1v) is 6.43. The molecule has 0 saturated carbocycles. The topological polar surface area (TPSA) is 59.4 Å². The molecule has 5 heteroatoms. The lowest BCUT2D eigenvalue weighted by Crippen LogP contribution is -2.04. The highest BCUT2D eigenvalue weighted by molar-refractivity contribution is 7.09. The molecule has 2 aromatic heterocycles. The van der Waals surface area contributed by atoms with E-state index in [2.05, 4.69) is 11.1 Å². The molecular weight excluding hydrogens is 250 g/mol. The van der Waals surface area contributed by atoms with E-state index in [0.29, 0.717) is 18.9 Å². The molecule has 0 unspecified atom stereocenters. The predicted molar refractivity (Wildman–Crippen MR) is 68.9 cm³/mol. The summed E-state index contributed by atoms with van der Waals surface area (Å²) in [5, 5.41) is 10.8. The number of rotatable bonds is 6. The second-order valence-electron chi connectivity index (χ2n) is 3.70. The summed E-state index contributed by atoms with van der Waals surface area (Å²) in [6.45, 7) is 0.950. The number of carboxylic acids is 1. The second kappa shape index (κ2) is 6.28. The van der Waals surface area contributed by atoms with Gasteiger partial charge in [-0.3, -0.25) is 0 Å². The van der Waals surface area contributed by atoms with Crippen LogP contribution in [0.1, 0.15) is 21.1 Å². The van der Waals surface area contributed by atoms with Crippen LogP contribution in [0.5, 0.6) is 0 Å². The van der Waals surface area contributed by atoms with Gasteiger partial charge in [0.15, 0.2) is 0 Å². The van der Waals surface area contributed by atoms with Crippen molar-refractivity contribution in [2.75, 3.05) is 6.61 Å². The Morgan fingerprint density at radius 3 is 2.94 bits per heavy atom. The van der Waals surface area contributed by atoms with E-state index < -0.39 is 5.97 Å². The van der Waals surface area contributed by atoms with Crippen molar-refractivity contribution in [3.05, 3.63) is 52.0 Å². The van der Waals surface area contributed by atoms with Crippen LogP contribution in [0.2, 0.25) is 0 Å². The van der Waals surface area contributed by atoms with Gasteiger partial charge in [-0.05, 0) is 23.6 Å². The van der Waals surface area contributed by atoms with Crippen LogP contribution in [0.15, 0.2) is 35.7 Å². The van der Waals surface area contributed by atoms with E-state index in [1.54, 1.807) is 23.5 Å². The quantitative estimate of drug-likeness (QED) is 0.814. The number of hydrogen-bond acceptors (Lipinski definition) is 4. The summed E-state index contributed by atoms with van der Waals surface area (Å²) in [5.74, 6) is -1.02. The van der Waals surface area contributed by atoms with Crippen molar-refractivity contribution in [2.24, 2.45) is 0 Å². The van der Waals surface area contributed by atoms with Crippen molar-refractivity contribution in [3.63, 3.8) is 0 Å². The second-order valence-corrected chi connectivity index (χ2v) is 4.73. The minimum absolute atomic E-state index is 0.0503. The van der Waals surface area contributed by atoms with E-state index >= 15 is 0 Å². The molecule has 0 aliphatic carbocycles. The minimum atomic E-state index is -1.02. The minimum Gasteiger partial charge on any atom is -0.477 e. The number of aromatic nitrogens is 1. The first-order chi connectivity index (χ1) is 8.75. The Balaban J connectivity index is 1.79. The zero-order valence-electron chi connectivity index (χ0n) is 9.70. The van der Waals surface area contributed by atoms with E-state index in [1.807, 2.05) is 11.4 Å². The molecule has 0 atom stereocenters. The number of hydrogen-bond donors (Lipinski definition) is 1. The summed E-state index contributed by atoms with van der Waals surface area (Å²) < 4.78 is 5.48. The number of thiophene rings is 1. The Labute approximate surface area is 109 Å². The maximum Gasteiger partial charge on any atom is 0.354 e. The normalized spacial score (nSPS) is 10.4. The third kappa shape index (κ3) is 3.65. The molecule has 4 nitrogen and oxygen atoms in total. The molecule has 18 heavy (non-hydrogen) atoms. The van der Waals surface area contributed by atoms with Crippen LogP contribution in [0.25, 0.3) is 0 Å². The molecule has 0 radical (unpaired) electrons. The molecule has 0 bridgehead atoms. The lowest BCUT2D eigenvalue weighted by Gasteiger charge is -2.03. The largest absolute Gasteiger partial charge is 0.477 e.